The maximum atomic E-state index is 12.2. The molecule has 0 heterocycles. The number of esters is 2. The van der Waals surface area contributed by atoms with Gasteiger partial charge in [-0.1, -0.05) is 79.7 Å². The Morgan fingerprint density at radius 3 is 1.64 bits per heavy atom. The molecule has 0 spiro atoms. The monoisotopic (exact) mass is 600 g/mol. The molecule has 0 bridgehead atoms. The van der Waals surface area contributed by atoms with E-state index in [4.69, 9.17) is 18.9 Å². The lowest BCUT2D eigenvalue weighted by atomic mass is 10.0. The lowest BCUT2D eigenvalue weighted by Gasteiger charge is -2.21. The fourth-order valence-corrected chi connectivity index (χ4v) is 4.82. The van der Waals surface area contributed by atoms with Crippen LogP contribution in [0.5, 0.6) is 11.5 Å². The van der Waals surface area contributed by atoms with Crippen molar-refractivity contribution in [1.82, 2.24) is 0 Å². The van der Waals surface area contributed by atoms with Crippen LogP contribution in [-0.4, -0.2) is 37.4 Å². The molecule has 0 saturated heterocycles. The first-order valence-corrected chi connectivity index (χ1v) is 14.9. The van der Waals surface area contributed by atoms with Gasteiger partial charge in [0.1, 0.15) is 36.9 Å². The molecule has 2 unspecified atom stereocenters. The number of hydrogen-bond acceptors (Lipinski definition) is 6. The van der Waals surface area contributed by atoms with Crippen LogP contribution in [0.25, 0.3) is 21.5 Å². The van der Waals surface area contributed by atoms with Gasteiger partial charge in [0, 0.05) is 38.9 Å². The van der Waals surface area contributed by atoms with Crippen molar-refractivity contribution in [3.05, 3.63) is 46.9 Å². The molecular weight excluding hydrogens is 560 g/mol. The fourth-order valence-electron chi connectivity index (χ4n) is 4.46. The number of fused-ring (bicyclic) bond motifs is 2. The molecule has 0 aliphatic carbocycles. The van der Waals surface area contributed by atoms with E-state index in [0.29, 0.717) is 24.3 Å². The third-order valence-corrected chi connectivity index (χ3v) is 6.94. The second-order valence-corrected chi connectivity index (χ2v) is 10.9. The highest BCUT2D eigenvalue weighted by atomic mass is 79.9. The van der Waals surface area contributed by atoms with E-state index in [1.165, 1.54) is 0 Å². The Kier molecular flexibility index (Phi) is 12.4. The van der Waals surface area contributed by atoms with Crippen molar-refractivity contribution in [2.45, 2.75) is 91.3 Å². The quantitative estimate of drug-likeness (QED) is 0.0931. The first kappa shape index (κ1) is 30.7. The standard InChI is InChI=1S/C32H41BrO6/c1-5-7-9-15-29(34)38-22(3)20-36-31-25-13-11-12-14-26(25)32(28-19-24(33)17-18-27(28)31)37-21-23(4)39-30(35)16-10-8-6-2/h11-14,17-19,22-23H,5-10,15-16,20-21H2,1-4H3. The summed E-state index contributed by atoms with van der Waals surface area (Å²) in [6.45, 7) is 8.38. The number of unbranched alkanes of at least 4 members (excludes halogenated alkanes) is 4. The zero-order valence-electron chi connectivity index (χ0n) is 23.6. The van der Waals surface area contributed by atoms with Crippen molar-refractivity contribution in [3.63, 3.8) is 0 Å². The van der Waals surface area contributed by atoms with Gasteiger partial charge < -0.3 is 18.9 Å². The summed E-state index contributed by atoms with van der Waals surface area (Å²) in [6, 6.07) is 13.9. The molecule has 3 rings (SSSR count). The van der Waals surface area contributed by atoms with Crippen molar-refractivity contribution >= 4 is 49.4 Å². The Morgan fingerprint density at radius 2 is 1.15 bits per heavy atom. The molecule has 0 saturated carbocycles. The normalized spacial score (nSPS) is 12.7. The predicted octanol–water partition coefficient (Wildman–Crippen LogP) is 8.54. The summed E-state index contributed by atoms with van der Waals surface area (Å²) in [6.07, 6.45) is 5.91. The van der Waals surface area contributed by atoms with Gasteiger partial charge >= 0.3 is 11.9 Å². The van der Waals surface area contributed by atoms with Gasteiger partial charge in [0.25, 0.3) is 0 Å². The molecule has 0 fully saturated rings. The fraction of sp³-hybridized carbons (Fsp3) is 0.500. The number of hydrogen-bond donors (Lipinski definition) is 0. The molecule has 2 atom stereocenters. The zero-order chi connectivity index (χ0) is 28.2. The molecule has 0 aliphatic heterocycles. The Bertz CT molecular complexity index is 1240. The van der Waals surface area contributed by atoms with E-state index >= 15 is 0 Å². The van der Waals surface area contributed by atoms with Crippen molar-refractivity contribution in [3.8, 4) is 11.5 Å². The van der Waals surface area contributed by atoms with Crippen molar-refractivity contribution in [1.29, 1.82) is 0 Å². The minimum atomic E-state index is -0.385. The number of benzene rings is 3. The van der Waals surface area contributed by atoms with Crippen LogP contribution in [0.4, 0.5) is 0 Å². The van der Waals surface area contributed by atoms with E-state index in [0.717, 1.165) is 64.5 Å². The summed E-state index contributed by atoms with van der Waals surface area (Å²) in [5, 5.41) is 3.55. The highest BCUT2D eigenvalue weighted by Crippen LogP contribution is 2.43. The van der Waals surface area contributed by atoms with Gasteiger partial charge in [0.2, 0.25) is 0 Å². The van der Waals surface area contributed by atoms with Crippen molar-refractivity contribution < 1.29 is 28.5 Å². The molecule has 0 amide bonds. The summed E-state index contributed by atoms with van der Waals surface area (Å²) >= 11 is 3.59. The van der Waals surface area contributed by atoms with Gasteiger partial charge in [-0.05, 0) is 44.9 Å². The summed E-state index contributed by atoms with van der Waals surface area (Å²) in [5.41, 5.74) is 0. The molecule has 0 aromatic heterocycles. The molecule has 6 nitrogen and oxygen atoms in total. The molecule has 3 aromatic rings. The average molecular weight is 602 g/mol. The maximum absolute atomic E-state index is 12.2. The summed E-state index contributed by atoms with van der Waals surface area (Å²) in [5.74, 6) is 1.03. The van der Waals surface area contributed by atoms with Gasteiger partial charge in [-0.2, -0.15) is 0 Å². The Hall–Kier alpha value is -2.80. The second kappa shape index (κ2) is 15.7. The maximum Gasteiger partial charge on any atom is 0.306 e. The number of rotatable bonds is 16. The number of carbonyl (C=O) groups is 2. The summed E-state index contributed by atoms with van der Waals surface area (Å²) in [4.78, 5) is 24.4. The van der Waals surface area contributed by atoms with Crippen molar-refractivity contribution in [2.24, 2.45) is 0 Å². The first-order valence-electron chi connectivity index (χ1n) is 14.1. The lowest BCUT2D eigenvalue weighted by Crippen LogP contribution is -2.22. The van der Waals surface area contributed by atoms with Crippen LogP contribution < -0.4 is 9.47 Å². The minimum absolute atomic E-state index is 0.192. The van der Waals surface area contributed by atoms with Gasteiger partial charge in [-0.25, -0.2) is 0 Å². The molecular formula is C32H41BrO6. The van der Waals surface area contributed by atoms with Crippen LogP contribution in [0.2, 0.25) is 0 Å². The van der Waals surface area contributed by atoms with E-state index in [2.05, 4.69) is 29.8 Å². The highest BCUT2D eigenvalue weighted by Gasteiger charge is 2.19. The SMILES string of the molecule is CCCCCC(=O)OC(C)COc1c2ccccc2c(OCC(C)OC(=O)CCCCC)c2cc(Br)ccc12. The van der Waals surface area contributed by atoms with E-state index < -0.39 is 0 Å². The predicted molar refractivity (Wildman–Crippen MR) is 160 cm³/mol. The third-order valence-electron chi connectivity index (χ3n) is 6.45. The molecule has 0 radical (unpaired) electrons. The van der Waals surface area contributed by atoms with Crippen LogP contribution >= 0.6 is 15.9 Å². The van der Waals surface area contributed by atoms with Gasteiger partial charge in [0.15, 0.2) is 0 Å². The largest absolute Gasteiger partial charge is 0.488 e. The number of halogens is 1. The Labute approximate surface area is 240 Å². The molecule has 0 N–H and O–H groups in total. The van der Waals surface area contributed by atoms with E-state index in [1.807, 2.05) is 56.3 Å². The molecule has 0 aliphatic rings. The van der Waals surface area contributed by atoms with Gasteiger partial charge in [-0.3, -0.25) is 9.59 Å². The average Bonchev–Trinajstić information content (AvgIpc) is 2.90. The number of ether oxygens (including phenoxy) is 4. The van der Waals surface area contributed by atoms with Crippen LogP contribution in [0.15, 0.2) is 46.9 Å². The zero-order valence-corrected chi connectivity index (χ0v) is 25.2. The molecule has 39 heavy (non-hydrogen) atoms. The molecule has 7 heteroatoms. The van der Waals surface area contributed by atoms with Crippen LogP contribution in [-0.2, 0) is 19.1 Å². The van der Waals surface area contributed by atoms with Gasteiger partial charge in [0.05, 0.1) is 0 Å². The summed E-state index contributed by atoms with van der Waals surface area (Å²) < 4.78 is 24.7. The van der Waals surface area contributed by atoms with E-state index in [-0.39, 0.29) is 37.4 Å². The van der Waals surface area contributed by atoms with E-state index in [9.17, 15) is 9.59 Å². The minimum Gasteiger partial charge on any atom is -0.488 e. The highest BCUT2D eigenvalue weighted by molar-refractivity contribution is 9.10. The van der Waals surface area contributed by atoms with E-state index in [1.54, 1.807) is 0 Å². The second-order valence-electron chi connectivity index (χ2n) is 10.0. The molecule has 3 aromatic carbocycles. The number of carbonyl (C=O) groups excluding carboxylic acids is 2. The first-order chi connectivity index (χ1) is 18.8. The van der Waals surface area contributed by atoms with Crippen molar-refractivity contribution in [2.75, 3.05) is 13.2 Å². The van der Waals surface area contributed by atoms with Gasteiger partial charge in [-0.15, -0.1) is 0 Å². The molecule has 212 valence electrons. The Balaban J connectivity index is 1.81. The third kappa shape index (κ3) is 9.13. The Morgan fingerprint density at radius 1 is 0.692 bits per heavy atom. The summed E-state index contributed by atoms with van der Waals surface area (Å²) in [7, 11) is 0. The topological polar surface area (TPSA) is 71.1 Å². The smallest absolute Gasteiger partial charge is 0.306 e. The van der Waals surface area contributed by atoms with Crippen LogP contribution in [0.1, 0.15) is 79.1 Å². The van der Waals surface area contributed by atoms with Crippen LogP contribution in [0.3, 0.4) is 0 Å². The van der Waals surface area contributed by atoms with Crippen LogP contribution in [0, 0.1) is 0 Å². The lowest BCUT2D eigenvalue weighted by molar-refractivity contribution is -0.150.